The summed E-state index contributed by atoms with van der Waals surface area (Å²) in [7, 11) is 1.20. The highest BCUT2D eigenvalue weighted by atomic mass is 35.5. The monoisotopic (exact) mass is 275 g/mol. The summed E-state index contributed by atoms with van der Waals surface area (Å²) in [6.45, 7) is -1.58. The Kier molecular flexibility index (Phi) is 4.27. The summed E-state index contributed by atoms with van der Waals surface area (Å²) < 4.78 is 57.5. The van der Waals surface area contributed by atoms with Gasteiger partial charge in [-0.25, -0.2) is 8.78 Å². The minimum absolute atomic E-state index is 0.277. The lowest BCUT2D eigenvalue weighted by molar-refractivity contribution is -0.149. The smallest absolute Gasteiger partial charge is 0.340 e. The minimum atomic E-state index is -4.30. The van der Waals surface area contributed by atoms with Crippen LogP contribution < -0.4 is 9.47 Å². The van der Waals surface area contributed by atoms with E-state index in [-0.39, 0.29) is 11.3 Å². The summed E-state index contributed by atoms with van der Waals surface area (Å²) in [5, 5.41) is -0.368. The van der Waals surface area contributed by atoms with Crippen molar-refractivity contribution in [3.8, 4) is 12.0 Å². The molecule has 0 aliphatic rings. The second kappa shape index (κ2) is 5.30. The van der Waals surface area contributed by atoms with Crippen molar-refractivity contribution in [2.24, 2.45) is 0 Å². The van der Waals surface area contributed by atoms with Gasteiger partial charge in [-0.3, -0.25) is 0 Å². The standard InChI is InChI=1S/C7H6ClF4N3O2/c1-16-5-13-4(8)14-6(15-5)17-2-7(11,12)3(9)10/h3H,2H2,1H3. The zero-order valence-electron chi connectivity index (χ0n) is 8.33. The molecule has 17 heavy (non-hydrogen) atoms. The molecule has 96 valence electrons. The molecular weight excluding hydrogens is 270 g/mol. The Morgan fingerprint density at radius 2 is 1.82 bits per heavy atom. The number of aromatic nitrogens is 3. The van der Waals surface area contributed by atoms with Crippen LogP contribution in [0.15, 0.2) is 0 Å². The van der Waals surface area contributed by atoms with Gasteiger partial charge in [0, 0.05) is 0 Å². The maximum atomic E-state index is 12.5. The first kappa shape index (κ1) is 13.7. The third-order valence-electron chi connectivity index (χ3n) is 1.46. The van der Waals surface area contributed by atoms with E-state index in [1.54, 1.807) is 0 Å². The lowest BCUT2D eigenvalue weighted by Gasteiger charge is -2.14. The van der Waals surface area contributed by atoms with E-state index in [2.05, 4.69) is 24.4 Å². The third kappa shape index (κ3) is 3.84. The maximum Gasteiger partial charge on any atom is 0.340 e. The molecule has 0 aliphatic carbocycles. The van der Waals surface area contributed by atoms with Crippen LogP contribution in [0.4, 0.5) is 17.6 Å². The van der Waals surface area contributed by atoms with E-state index >= 15 is 0 Å². The molecule has 0 atom stereocenters. The summed E-state index contributed by atoms with van der Waals surface area (Å²) in [6.07, 6.45) is -3.85. The molecule has 0 N–H and O–H groups in total. The third-order valence-corrected chi connectivity index (χ3v) is 1.63. The van der Waals surface area contributed by atoms with Gasteiger partial charge in [-0.1, -0.05) is 0 Å². The summed E-state index contributed by atoms with van der Waals surface area (Å²) in [5.74, 6) is -4.30. The molecule has 0 spiro atoms. The number of alkyl halides is 4. The average molecular weight is 276 g/mol. The van der Waals surface area contributed by atoms with E-state index in [9.17, 15) is 17.6 Å². The number of rotatable bonds is 5. The molecule has 10 heteroatoms. The summed E-state index contributed by atoms with van der Waals surface area (Å²) >= 11 is 5.38. The van der Waals surface area contributed by atoms with Crippen molar-refractivity contribution >= 4 is 11.6 Å². The highest BCUT2D eigenvalue weighted by Gasteiger charge is 2.42. The van der Waals surface area contributed by atoms with Crippen LogP contribution in [0.1, 0.15) is 0 Å². The fourth-order valence-electron chi connectivity index (χ4n) is 0.694. The SMILES string of the molecule is COc1nc(Cl)nc(OCC(F)(F)C(F)F)n1. The number of ether oxygens (including phenoxy) is 2. The Morgan fingerprint density at radius 3 is 2.35 bits per heavy atom. The molecule has 0 bridgehead atoms. The minimum Gasteiger partial charge on any atom is -0.467 e. The lowest BCUT2D eigenvalue weighted by atomic mass is 10.4. The van der Waals surface area contributed by atoms with Crippen LogP contribution in [-0.2, 0) is 0 Å². The first-order valence-corrected chi connectivity index (χ1v) is 4.47. The van der Waals surface area contributed by atoms with Crippen LogP contribution >= 0.6 is 11.6 Å². The highest BCUT2D eigenvalue weighted by Crippen LogP contribution is 2.23. The molecule has 0 radical (unpaired) electrons. The zero-order chi connectivity index (χ0) is 13.1. The van der Waals surface area contributed by atoms with Crippen LogP contribution in [0.5, 0.6) is 12.0 Å². The van der Waals surface area contributed by atoms with Gasteiger partial charge in [0.1, 0.15) is 0 Å². The Hall–Kier alpha value is -1.38. The van der Waals surface area contributed by atoms with E-state index in [0.717, 1.165) is 0 Å². The molecular formula is C7H6ClF4N3O2. The lowest BCUT2D eigenvalue weighted by Crippen LogP contribution is -2.34. The van der Waals surface area contributed by atoms with E-state index in [1.807, 2.05) is 0 Å². The van der Waals surface area contributed by atoms with Gasteiger partial charge >= 0.3 is 24.4 Å². The van der Waals surface area contributed by atoms with Crippen LogP contribution in [0.25, 0.3) is 0 Å². The first-order chi connectivity index (χ1) is 7.85. The van der Waals surface area contributed by atoms with Crippen LogP contribution in [-0.4, -0.2) is 41.0 Å². The predicted octanol–water partition coefficient (Wildman–Crippen LogP) is 1.81. The number of methoxy groups -OCH3 is 1. The quantitative estimate of drug-likeness (QED) is 0.767. The fraction of sp³-hybridized carbons (Fsp3) is 0.571. The number of nitrogens with zero attached hydrogens (tertiary/aromatic N) is 3. The van der Waals surface area contributed by atoms with Crippen LogP contribution in [0, 0.1) is 0 Å². The van der Waals surface area contributed by atoms with Crippen molar-refractivity contribution in [3.63, 3.8) is 0 Å². The first-order valence-electron chi connectivity index (χ1n) is 4.09. The largest absolute Gasteiger partial charge is 0.467 e. The van der Waals surface area contributed by atoms with E-state index in [4.69, 9.17) is 11.6 Å². The van der Waals surface area contributed by atoms with Gasteiger partial charge in [0.15, 0.2) is 6.61 Å². The molecule has 1 aromatic rings. The number of hydrogen-bond acceptors (Lipinski definition) is 5. The molecule has 0 fully saturated rings. The van der Waals surface area contributed by atoms with Crippen molar-refractivity contribution in [1.29, 1.82) is 0 Å². The Balaban J connectivity index is 2.72. The van der Waals surface area contributed by atoms with Gasteiger partial charge in [0.2, 0.25) is 5.28 Å². The average Bonchev–Trinajstić information content (AvgIpc) is 2.25. The van der Waals surface area contributed by atoms with Crippen molar-refractivity contribution in [1.82, 2.24) is 15.0 Å². The van der Waals surface area contributed by atoms with Crippen molar-refractivity contribution in [2.75, 3.05) is 13.7 Å². The summed E-state index contributed by atoms with van der Waals surface area (Å²) in [4.78, 5) is 10.1. The molecule has 5 nitrogen and oxygen atoms in total. The van der Waals surface area contributed by atoms with E-state index < -0.39 is 25.0 Å². The van der Waals surface area contributed by atoms with Crippen LogP contribution in [0.2, 0.25) is 5.28 Å². The van der Waals surface area contributed by atoms with Gasteiger partial charge in [0.25, 0.3) is 0 Å². The highest BCUT2D eigenvalue weighted by molar-refractivity contribution is 6.28. The predicted molar refractivity (Wildman–Crippen MR) is 47.8 cm³/mol. The Morgan fingerprint density at radius 1 is 1.24 bits per heavy atom. The molecule has 0 aromatic carbocycles. The molecule has 0 saturated carbocycles. The van der Waals surface area contributed by atoms with Crippen LogP contribution in [0.3, 0.4) is 0 Å². The van der Waals surface area contributed by atoms with E-state index in [1.165, 1.54) is 7.11 Å². The van der Waals surface area contributed by atoms with Gasteiger partial charge < -0.3 is 9.47 Å². The van der Waals surface area contributed by atoms with Gasteiger partial charge in [0.05, 0.1) is 7.11 Å². The van der Waals surface area contributed by atoms with Crippen molar-refractivity contribution in [3.05, 3.63) is 5.28 Å². The molecule has 0 saturated heterocycles. The van der Waals surface area contributed by atoms with Gasteiger partial charge in [-0.2, -0.15) is 18.7 Å². The molecule has 1 aromatic heterocycles. The number of halogens is 5. The van der Waals surface area contributed by atoms with Gasteiger partial charge in [-0.15, -0.1) is 4.98 Å². The molecule has 1 heterocycles. The fourth-order valence-corrected chi connectivity index (χ4v) is 0.839. The summed E-state index contributed by atoms with van der Waals surface area (Å²) in [5.41, 5.74) is 0. The normalized spacial score (nSPS) is 11.7. The Labute approximate surface area is 97.7 Å². The topological polar surface area (TPSA) is 57.1 Å². The molecule has 1 rings (SSSR count). The number of hydrogen-bond donors (Lipinski definition) is 0. The molecule has 0 unspecified atom stereocenters. The second-order valence-electron chi connectivity index (χ2n) is 2.72. The summed E-state index contributed by atoms with van der Waals surface area (Å²) in [6, 6.07) is -0.900. The van der Waals surface area contributed by atoms with E-state index in [0.29, 0.717) is 0 Å². The zero-order valence-corrected chi connectivity index (χ0v) is 9.09. The van der Waals surface area contributed by atoms with Gasteiger partial charge in [-0.05, 0) is 11.6 Å². The van der Waals surface area contributed by atoms with Crippen molar-refractivity contribution in [2.45, 2.75) is 12.3 Å². The maximum absolute atomic E-state index is 12.5. The van der Waals surface area contributed by atoms with Crippen molar-refractivity contribution < 1.29 is 27.0 Å². The molecule has 0 amide bonds. The molecule has 0 aliphatic heterocycles. The second-order valence-corrected chi connectivity index (χ2v) is 3.06. The Bertz CT molecular complexity index is 393.